The predicted molar refractivity (Wildman–Crippen MR) is 98.1 cm³/mol. The van der Waals surface area contributed by atoms with Crippen molar-refractivity contribution < 1.29 is 9.84 Å². The van der Waals surface area contributed by atoms with Crippen LogP contribution in [-0.2, 0) is 6.42 Å². The second-order valence-corrected chi connectivity index (χ2v) is 7.68. The Morgan fingerprint density at radius 2 is 1.84 bits per heavy atom. The lowest BCUT2D eigenvalue weighted by atomic mass is 10.0. The van der Waals surface area contributed by atoms with E-state index in [9.17, 15) is 5.11 Å². The standard InChI is InChI=1S/C20H23ClN2O2/c21-17-9-20(11-22-10-17)25-19-7-15-12-23(13-16(15)8-19)6-5-14-1-3-18(24)4-2-14/h1-4,9-11,15-16,19,24H,5-8,12-13H2/t15-,16+,19+. The van der Waals surface area contributed by atoms with Crippen molar-refractivity contribution in [3.05, 3.63) is 53.3 Å². The third kappa shape index (κ3) is 4.07. The molecular formula is C20H23ClN2O2. The van der Waals surface area contributed by atoms with Crippen LogP contribution < -0.4 is 4.74 Å². The molecule has 132 valence electrons. The number of halogens is 1. The molecule has 0 unspecified atom stereocenters. The molecule has 4 rings (SSSR count). The van der Waals surface area contributed by atoms with Gasteiger partial charge < -0.3 is 14.7 Å². The fourth-order valence-corrected chi connectivity index (χ4v) is 4.38. The fraction of sp³-hybridized carbons (Fsp3) is 0.450. The first kappa shape index (κ1) is 16.7. The van der Waals surface area contributed by atoms with E-state index in [1.54, 1.807) is 24.5 Å². The Morgan fingerprint density at radius 1 is 1.12 bits per heavy atom. The normalized spacial score (nSPS) is 25.9. The van der Waals surface area contributed by atoms with Gasteiger partial charge in [0.15, 0.2) is 0 Å². The van der Waals surface area contributed by atoms with Crippen molar-refractivity contribution in [2.75, 3.05) is 19.6 Å². The van der Waals surface area contributed by atoms with Crippen LogP contribution in [0.2, 0.25) is 5.02 Å². The minimum Gasteiger partial charge on any atom is -0.508 e. The molecule has 1 aliphatic heterocycles. The lowest BCUT2D eigenvalue weighted by Crippen LogP contribution is -2.26. The maximum Gasteiger partial charge on any atom is 0.139 e. The summed E-state index contributed by atoms with van der Waals surface area (Å²) in [6, 6.07) is 9.39. The summed E-state index contributed by atoms with van der Waals surface area (Å²) in [7, 11) is 0. The highest BCUT2D eigenvalue weighted by molar-refractivity contribution is 6.30. The fourth-order valence-electron chi connectivity index (χ4n) is 4.22. The Bertz CT molecular complexity index is 708. The van der Waals surface area contributed by atoms with E-state index in [1.807, 2.05) is 18.2 Å². The van der Waals surface area contributed by atoms with E-state index in [-0.39, 0.29) is 6.10 Å². The number of phenolic OH excluding ortho intramolecular Hbond substituents is 1. The van der Waals surface area contributed by atoms with Gasteiger partial charge in [-0.1, -0.05) is 23.7 Å². The largest absolute Gasteiger partial charge is 0.508 e. The minimum absolute atomic E-state index is 0.287. The molecule has 3 atom stereocenters. The second kappa shape index (κ2) is 7.22. The smallest absolute Gasteiger partial charge is 0.139 e. The highest BCUT2D eigenvalue weighted by Crippen LogP contribution is 2.39. The van der Waals surface area contributed by atoms with Gasteiger partial charge in [-0.05, 0) is 48.8 Å². The van der Waals surface area contributed by atoms with Gasteiger partial charge in [0.25, 0.3) is 0 Å². The number of fused-ring (bicyclic) bond motifs is 1. The number of hydrogen-bond acceptors (Lipinski definition) is 4. The lowest BCUT2D eigenvalue weighted by Gasteiger charge is -2.19. The van der Waals surface area contributed by atoms with Gasteiger partial charge in [-0.3, -0.25) is 4.98 Å². The van der Waals surface area contributed by atoms with E-state index in [4.69, 9.17) is 16.3 Å². The number of aromatic hydroxyl groups is 1. The number of ether oxygens (including phenoxy) is 1. The summed E-state index contributed by atoms with van der Waals surface area (Å²) in [4.78, 5) is 6.66. The molecule has 1 saturated carbocycles. The van der Waals surface area contributed by atoms with Crippen LogP contribution in [0.25, 0.3) is 0 Å². The van der Waals surface area contributed by atoms with Crippen molar-refractivity contribution in [1.82, 2.24) is 9.88 Å². The molecular weight excluding hydrogens is 336 g/mol. The molecule has 1 aromatic heterocycles. The number of benzene rings is 1. The van der Waals surface area contributed by atoms with E-state index in [0.29, 0.717) is 10.8 Å². The summed E-state index contributed by atoms with van der Waals surface area (Å²) in [5.41, 5.74) is 1.28. The average Bonchev–Trinajstić information content (AvgIpc) is 3.12. The van der Waals surface area contributed by atoms with Gasteiger partial charge in [0.1, 0.15) is 11.5 Å². The summed E-state index contributed by atoms with van der Waals surface area (Å²) in [5, 5.41) is 9.98. The molecule has 1 aromatic carbocycles. The molecule has 0 spiro atoms. The summed E-state index contributed by atoms with van der Waals surface area (Å²) in [6.07, 6.45) is 6.93. The third-order valence-electron chi connectivity index (χ3n) is 5.42. The van der Waals surface area contributed by atoms with Gasteiger partial charge in [0.2, 0.25) is 0 Å². The van der Waals surface area contributed by atoms with Crippen molar-refractivity contribution in [2.45, 2.75) is 25.4 Å². The minimum atomic E-state index is 0.287. The first-order chi connectivity index (χ1) is 12.2. The third-order valence-corrected chi connectivity index (χ3v) is 5.63. The summed E-state index contributed by atoms with van der Waals surface area (Å²) in [6.45, 7) is 3.41. The number of nitrogens with zero attached hydrogens (tertiary/aromatic N) is 2. The van der Waals surface area contributed by atoms with Crippen LogP contribution >= 0.6 is 11.6 Å². The van der Waals surface area contributed by atoms with E-state index < -0.39 is 0 Å². The highest BCUT2D eigenvalue weighted by atomic mass is 35.5. The molecule has 1 aliphatic carbocycles. The highest BCUT2D eigenvalue weighted by Gasteiger charge is 2.41. The topological polar surface area (TPSA) is 45.6 Å². The average molecular weight is 359 g/mol. The molecule has 0 amide bonds. The maximum atomic E-state index is 9.36. The Morgan fingerprint density at radius 3 is 2.52 bits per heavy atom. The number of pyridine rings is 1. The molecule has 4 nitrogen and oxygen atoms in total. The molecule has 25 heavy (non-hydrogen) atoms. The number of rotatable bonds is 5. The number of likely N-dealkylation sites (tertiary alicyclic amines) is 1. The van der Waals surface area contributed by atoms with Crippen LogP contribution in [0.5, 0.6) is 11.5 Å². The molecule has 2 heterocycles. The Labute approximate surface area is 153 Å². The molecule has 5 heteroatoms. The molecule has 1 N–H and O–H groups in total. The second-order valence-electron chi connectivity index (χ2n) is 7.25. The Kier molecular flexibility index (Phi) is 4.82. The van der Waals surface area contributed by atoms with Crippen molar-refractivity contribution in [1.29, 1.82) is 0 Å². The molecule has 2 fully saturated rings. The zero-order valence-corrected chi connectivity index (χ0v) is 14.9. The maximum absolute atomic E-state index is 9.36. The van der Waals surface area contributed by atoms with Crippen LogP contribution in [0.15, 0.2) is 42.7 Å². The molecule has 0 bridgehead atoms. The monoisotopic (exact) mass is 358 g/mol. The van der Waals surface area contributed by atoms with E-state index >= 15 is 0 Å². The first-order valence-electron chi connectivity index (χ1n) is 8.93. The quantitative estimate of drug-likeness (QED) is 0.883. The molecule has 1 saturated heterocycles. The lowest BCUT2D eigenvalue weighted by molar-refractivity contribution is 0.185. The van der Waals surface area contributed by atoms with Gasteiger partial charge in [-0.15, -0.1) is 0 Å². The molecule has 0 radical (unpaired) electrons. The van der Waals surface area contributed by atoms with E-state index in [0.717, 1.165) is 56.5 Å². The van der Waals surface area contributed by atoms with Gasteiger partial charge in [0.05, 0.1) is 17.3 Å². The van der Waals surface area contributed by atoms with Crippen LogP contribution in [0.1, 0.15) is 18.4 Å². The van der Waals surface area contributed by atoms with Gasteiger partial charge in [0, 0.05) is 31.9 Å². The Balaban J connectivity index is 1.25. The van der Waals surface area contributed by atoms with Crippen molar-refractivity contribution in [3.8, 4) is 11.5 Å². The molecule has 2 aromatic rings. The number of hydrogen-bond donors (Lipinski definition) is 1. The number of phenols is 1. The Hall–Kier alpha value is -1.78. The molecule has 2 aliphatic rings. The van der Waals surface area contributed by atoms with Crippen molar-refractivity contribution in [3.63, 3.8) is 0 Å². The first-order valence-corrected chi connectivity index (χ1v) is 9.31. The van der Waals surface area contributed by atoms with Crippen LogP contribution in [0, 0.1) is 11.8 Å². The van der Waals surface area contributed by atoms with Crippen molar-refractivity contribution in [2.24, 2.45) is 11.8 Å². The van der Waals surface area contributed by atoms with Crippen LogP contribution in [-0.4, -0.2) is 40.7 Å². The zero-order chi connectivity index (χ0) is 17.2. The van der Waals surface area contributed by atoms with Crippen LogP contribution in [0.3, 0.4) is 0 Å². The summed E-state index contributed by atoms with van der Waals surface area (Å²) >= 11 is 5.98. The summed E-state index contributed by atoms with van der Waals surface area (Å²) in [5.74, 6) is 2.58. The predicted octanol–water partition coefficient (Wildman–Crippen LogP) is 3.77. The SMILES string of the molecule is Oc1ccc(CCN2C[C@H]3C[C@H](Oc4cncc(Cl)c4)C[C@H]3C2)cc1. The zero-order valence-electron chi connectivity index (χ0n) is 14.1. The van der Waals surface area contributed by atoms with Crippen LogP contribution in [0.4, 0.5) is 0 Å². The van der Waals surface area contributed by atoms with E-state index in [2.05, 4.69) is 9.88 Å². The summed E-state index contributed by atoms with van der Waals surface area (Å²) < 4.78 is 6.08. The van der Waals surface area contributed by atoms with Crippen molar-refractivity contribution >= 4 is 11.6 Å². The number of aromatic nitrogens is 1. The van der Waals surface area contributed by atoms with Gasteiger partial charge in [-0.25, -0.2) is 0 Å². The van der Waals surface area contributed by atoms with Gasteiger partial charge in [-0.2, -0.15) is 0 Å². The van der Waals surface area contributed by atoms with E-state index in [1.165, 1.54) is 5.56 Å². The van der Waals surface area contributed by atoms with Gasteiger partial charge >= 0.3 is 0 Å².